The fraction of sp³-hybridized carbons (Fsp3) is 0.200. The van der Waals surface area contributed by atoms with Crippen LogP contribution in [0.2, 0.25) is 10.0 Å². The zero-order valence-electron chi connectivity index (χ0n) is 10.7. The largest absolute Gasteiger partial charge is 0.397 e. The molecule has 0 fully saturated rings. The topological polar surface area (TPSA) is 38.0 Å². The zero-order chi connectivity index (χ0) is 13.8. The number of rotatable bonds is 4. The molecule has 0 bridgehead atoms. The van der Waals surface area contributed by atoms with E-state index in [1.54, 1.807) is 12.1 Å². The highest BCUT2D eigenvalue weighted by atomic mass is 35.5. The van der Waals surface area contributed by atoms with Crippen LogP contribution >= 0.6 is 23.2 Å². The number of anilines is 2. The van der Waals surface area contributed by atoms with Crippen molar-refractivity contribution in [3.8, 4) is 0 Å². The minimum atomic E-state index is 0.475. The average molecular weight is 295 g/mol. The summed E-state index contributed by atoms with van der Waals surface area (Å²) in [4.78, 5) is 0. The first-order valence-corrected chi connectivity index (χ1v) is 6.86. The number of nitrogens with two attached hydrogens (primary N) is 1. The van der Waals surface area contributed by atoms with Gasteiger partial charge in [-0.1, -0.05) is 53.0 Å². The summed E-state index contributed by atoms with van der Waals surface area (Å²) in [6.07, 6.45) is 0.932. The number of hydrogen-bond donors (Lipinski definition) is 2. The number of benzene rings is 2. The molecule has 2 nitrogen and oxygen atoms in total. The van der Waals surface area contributed by atoms with Crippen LogP contribution in [0.5, 0.6) is 0 Å². The van der Waals surface area contributed by atoms with E-state index < -0.39 is 0 Å². The molecule has 2 rings (SSSR count). The molecule has 0 radical (unpaired) electrons. The van der Waals surface area contributed by atoms with Gasteiger partial charge in [0.15, 0.2) is 0 Å². The first kappa shape index (κ1) is 14.0. The molecule has 4 heteroatoms. The molecule has 2 aromatic carbocycles. The minimum absolute atomic E-state index is 0.475. The molecule has 0 aliphatic heterocycles. The van der Waals surface area contributed by atoms with Crippen LogP contribution in [0.1, 0.15) is 11.1 Å². The Kier molecular flexibility index (Phi) is 4.56. The Morgan fingerprint density at radius 1 is 1.11 bits per heavy atom. The highest BCUT2D eigenvalue weighted by molar-refractivity contribution is 6.42. The van der Waals surface area contributed by atoms with E-state index in [-0.39, 0.29) is 0 Å². The van der Waals surface area contributed by atoms with Gasteiger partial charge in [0.2, 0.25) is 0 Å². The molecule has 0 unspecified atom stereocenters. The van der Waals surface area contributed by atoms with Crippen LogP contribution in [0.4, 0.5) is 11.4 Å². The molecule has 0 aromatic heterocycles. The Morgan fingerprint density at radius 3 is 2.58 bits per heavy atom. The van der Waals surface area contributed by atoms with Gasteiger partial charge >= 0.3 is 0 Å². The lowest BCUT2D eigenvalue weighted by Crippen LogP contribution is -2.07. The van der Waals surface area contributed by atoms with Crippen LogP contribution in [0.25, 0.3) is 0 Å². The lowest BCUT2D eigenvalue weighted by molar-refractivity contribution is 1.02. The quantitative estimate of drug-likeness (QED) is 0.813. The SMILES string of the molecule is Cc1cccc(CCNc2cc(Cl)c(Cl)cc2N)c1. The Bertz CT molecular complexity index is 582. The molecule has 0 atom stereocenters. The number of nitrogen functional groups attached to an aromatic ring is 1. The Morgan fingerprint density at radius 2 is 1.84 bits per heavy atom. The van der Waals surface area contributed by atoms with Gasteiger partial charge < -0.3 is 11.1 Å². The zero-order valence-corrected chi connectivity index (χ0v) is 12.2. The molecular weight excluding hydrogens is 279 g/mol. The average Bonchev–Trinajstić information content (AvgIpc) is 2.35. The Hall–Kier alpha value is -1.38. The van der Waals surface area contributed by atoms with Crippen molar-refractivity contribution in [1.82, 2.24) is 0 Å². The number of aryl methyl sites for hydroxylation is 1. The molecule has 19 heavy (non-hydrogen) atoms. The van der Waals surface area contributed by atoms with Crippen molar-refractivity contribution in [3.05, 3.63) is 57.6 Å². The predicted molar refractivity (Wildman–Crippen MR) is 84.2 cm³/mol. The van der Waals surface area contributed by atoms with Gasteiger partial charge in [0.05, 0.1) is 21.4 Å². The Balaban J connectivity index is 1.98. The van der Waals surface area contributed by atoms with Crippen molar-refractivity contribution >= 4 is 34.6 Å². The van der Waals surface area contributed by atoms with Gasteiger partial charge in [0.25, 0.3) is 0 Å². The van der Waals surface area contributed by atoms with Crippen LogP contribution in [0.3, 0.4) is 0 Å². The van der Waals surface area contributed by atoms with E-state index in [2.05, 4.69) is 36.5 Å². The monoisotopic (exact) mass is 294 g/mol. The summed E-state index contributed by atoms with van der Waals surface area (Å²) < 4.78 is 0. The molecule has 100 valence electrons. The van der Waals surface area contributed by atoms with Crippen molar-refractivity contribution in [3.63, 3.8) is 0 Å². The third-order valence-corrected chi connectivity index (χ3v) is 3.63. The van der Waals surface area contributed by atoms with Crippen LogP contribution in [0, 0.1) is 6.92 Å². The molecule has 0 amide bonds. The van der Waals surface area contributed by atoms with Gasteiger partial charge in [-0.3, -0.25) is 0 Å². The van der Waals surface area contributed by atoms with E-state index in [0.29, 0.717) is 15.7 Å². The predicted octanol–water partition coefficient (Wildman–Crippen LogP) is 4.54. The van der Waals surface area contributed by atoms with E-state index in [9.17, 15) is 0 Å². The molecule has 0 heterocycles. The molecular formula is C15H16Cl2N2. The molecule has 3 N–H and O–H groups in total. The standard InChI is InChI=1S/C15H16Cl2N2/c1-10-3-2-4-11(7-10)5-6-19-15-9-13(17)12(16)8-14(15)18/h2-4,7-9,19H,5-6,18H2,1H3. The van der Waals surface area contributed by atoms with Gasteiger partial charge in [-0.2, -0.15) is 0 Å². The molecule has 0 aliphatic rings. The molecule has 2 aromatic rings. The maximum atomic E-state index is 5.98. The summed E-state index contributed by atoms with van der Waals surface area (Å²) in [5, 5.41) is 4.26. The van der Waals surface area contributed by atoms with E-state index in [1.807, 2.05) is 0 Å². The molecule has 0 aliphatic carbocycles. The first-order valence-electron chi connectivity index (χ1n) is 6.10. The van der Waals surface area contributed by atoms with Crippen molar-refractivity contribution < 1.29 is 0 Å². The summed E-state index contributed by atoms with van der Waals surface area (Å²) in [5.74, 6) is 0. The van der Waals surface area contributed by atoms with Crippen molar-refractivity contribution in [2.24, 2.45) is 0 Å². The third-order valence-electron chi connectivity index (χ3n) is 2.90. The maximum Gasteiger partial charge on any atom is 0.0614 e. The van der Waals surface area contributed by atoms with Gasteiger partial charge in [-0.15, -0.1) is 0 Å². The summed E-state index contributed by atoms with van der Waals surface area (Å²) in [7, 11) is 0. The van der Waals surface area contributed by atoms with Gasteiger partial charge in [-0.05, 0) is 31.0 Å². The van der Waals surface area contributed by atoms with Crippen LogP contribution in [0.15, 0.2) is 36.4 Å². The number of nitrogens with one attached hydrogen (secondary N) is 1. The van der Waals surface area contributed by atoms with Crippen molar-refractivity contribution in [1.29, 1.82) is 0 Å². The van der Waals surface area contributed by atoms with Crippen LogP contribution < -0.4 is 11.1 Å². The smallest absolute Gasteiger partial charge is 0.0614 e. The normalized spacial score (nSPS) is 10.5. The molecule has 0 spiro atoms. The van der Waals surface area contributed by atoms with Gasteiger partial charge in [0.1, 0.15) is 0 Å². The van der Waals surface area contributed by atoms with Crippen LogP contribution in [-0.2, 0) is 6.42 Å². The van der Waals surface area contributed by atoms with E-state index in [1.165, 1.54) is 11.1 Å². The van der Waals surface area contributed by atoms with Crippen molar-refractivity contribution in [2.75, 3.05) is 17.6 Å². The van der Waals surface area contributed by atoms with E-state index >= 15 is 0 Å². The van der Waals surface area contributed by atoms with Gasteiger partial charge in [0, 0.05) is 6.54 Å². The summed E-state index contributed by atoms with van der Waals surface area (Å²) in [6, 6.07) is 11.9. The fourth-order valence-electron chi connectivity index (χ4n) is 1.92. The summed E-state index contributed by atoms with van der Waals surface area (Å²) >= 11 is 11.9. The first-order chi connectivity index (χ1) is 9.06. The highest BCUT2D eigenvalue weighted by Gasteiger charge is 2.04. The molecule has 0 saturated heterocycles. The number of halogens is 2. The van der Waals surface area contributed by atoms with Crippen molar-refractivity contribution in [2.45, 2.75) is 13.3 Å². The Labute approximate surface area is 123 Å². The summed E-state index contributed by atoms with van der Waals surface area (Å²) in [6.45, 7) is 2.89. The second kappa shape index (κ2) is 6.18. The lowest BCUT2D eigenvalue weighted by Gasteiger charge is -2.11. The highest BCUT2D eigenvalue weighted by Crippen LogP contribution is 2.30. The third kappa shape index (κ3) is 3.79. The minimum Gasteiger partial charge on any atom is -0.397 e. The van der Waals surface area contributed by atoms with Gasteiger partial charge in [-0.25, -0.2) is 0 Å². The summed E-state index contributed by atoms with van der Waals surface area (Å²) in [5.41, 5.74) is 9.89. The maximum absolute atomic E-state index is 5.98. The van der Waals surface area contributed by atoms with Crippen LogP contribution in [-0.4, -0.2) is 6.54 Å². The second-order valence-electron chi connectivity index (χ2n) is 4.52. The molecule has 0 saturated carbocycles. The fourth-order valence-corrected chi connectivity index (χ4v) is 2.26. The van der Waals surface area contributed by atoms with E-state index in [0.717, 1.165) is 18.7 Å². The number of hydrogen-bond acceptors (Lipinski definition) is 2. The van der Waals surface area contributed by atoms with E-state index in [4.69, 9.17) is 28.9 Å². The second-order valence-corrected chi connectivity index (χ2v) is 5.33. The lowest BCUT2D eigenvalue weighted by atomic mass is 10.1.